The molecule has 2 atom stereocenters. The normalized spacial score (nSPS) is 22.1. The molecule has 2 bridgehead atoms. The number of halogens is 2. The Kier molecular flexibility index (Phi) is 4.73. The van der Waals surface area contributed by atoms with Gasteiger partial charge in [0.25, 0.3) is 0 Å². The summed E-state index contributed by atoms with van der Waals surface area (Å²) in [4.78, 5) is 13.8. The van der Waals surface area contributed by atoms with E-state index in [0.717, 1.165) is 24.1 Å². The van der Waals surface area contributed by atoms with Gasteiger partial charge in [0.05, 0.1) is 34.3 Å². The molecule has 0 aliphatic heterocycles. The second-order valence-corrected chi connectivity index (χ2v) is 10.7. The van der Waals surface area contributed by atoms with Crippen molar-refractivity contribution < 1.29 is 18.3 Å². The zero-order valence-corrected chi connectivity index (χ0v) is 20.4. The molecule has 0 saturated heterocycles. The van der Waals surface area contributed by atoms with E-state index in [2.05, 4.69) is 34.0 Å². The van der Waals surface area contributed by atoms with Gasteiger partial charge in [0, 0.05) is 6.20 Å². The number of rotatable bonds is 4. The van der Waals surface area contributed by atoms with Crippen molar-refractivity contribution in [3.8, 4) is 22.8 Å². The molecule has 184 valence electrons. The van der Waals surface area contributed by atoms with Crippen LogP contribution in [0.2, 0.25) is 0 Å². The summed E-state index contributed by atoms with van der Waals surface area (Å²) in [5.41, 5.74) is 1.25. The van der Waals surface area contributed by atoms with E-state index in [1.807, 2.05) is 0 Å². The van der Waals surface area contributed by atoms with Gasteiger partial charge in [0.2, 0.25) is 5.89 Å². The van der Waals surface area contributed by atoms with Crippen LogP contribution in [-0.4, -0.2) is 30.3 Å². The molecule has 7 nitrogen and oxygen atoms in total. The Bertz CT molecular complexity index is 1490. The molecule has 0 amide bonds. The molecular formula is C27H25F2N5O2. The molecule has 3 heterocycles. The molecule has 0 unspecified atom stereocenters. The van der Waals surface area contributed by atoms with Gasteiger partial charge in [0.1, 0.15) is 34.9 Å². The third-order valence-corrected chi connectivity index (χ3v) is 8.02. The van der Waals surface area contributed by atoms with Crippen LogP contribution < -0.4 is 0 Å². The van der Waals surface area contributed by atoms with Gasteiger partial charge in [-0.2, -0.15) is 5.10 Å². The van der Waals surface area contributed by atoms with Gasteiger partial charge in [0.15, 0.2) is 0 Å². The van der Waals surface area contributed by atoms with Gasteiger partial charge >= 0.3 is 0 Å². The fraction of sp³-hybridized carbons (Fsp3) is 0.370. The second kappa shape index (κ2) is 7.46. The average molecular weight is 490 g/mol. The number of aromatic nitrogens is 5. The quantitative estimate of drug-likeness (QED) is 0.416. The lowest BCUT2D eigenvalue weighted by Crippen LogP contribution is -2.38. The largest absolute Gasteiger partial charge is 0.443 e. The molecule has 2 aliphatic rings. The number of fused-ring (bicyclic) bond motifs is 5. The van der Waals surface area contributed by atoms with E-state index >= 15 is 0 Å². The lowest BCUT2D eigenvalue weighted by molar-refractivity contribution is 0.0738. The van der Waals surface area contributed by atoms with Crippen molar-refractivity contribution in [2.75, 3.05) is 0 Å². The first-order valence-electron chi connectivity index (χ1n) is 11.9. The van der Waals surface area contributed by atoms with E-state index < -0.39 is 22.7 Å². The number of aliphatic hydroxyl groups is 1. The topological polar surface area (TPSA) is 97.8 Å². The van der Waals surface area contributed by atoms with Crippen LogP contribution in [0, 0.1) is 17.0 Å². The van der Waals surface area contributed by atoms with Crippen molar-refractivity contribution in [3.63, 3.8) is 0 Å². The van der Waals surface area contributed by atoms with Gasteiger partial charge in [-0.15, -0.1) is 5.10 Å². The first kappa shape index (κ1) is 22.8. The second-order valence-electron chi connectivity index (χ2n) is 10.7. The van der Waals surface area contributed by atoms with Gasteiger partial charge in [-0.25, -0.2) is 18.7 Å². The lowest BCUT2D eigenvalue weighted by atomic mass is 9.66. The highest BCUT2D eigenvalue weighted by atomic mass is 19.1. The number of benzene rings is 1. The maximum absolute atomic E-state index is 14.5. The minimum absolute atomic E-state index is 0.116. The van der Waals surface area contributed by atoms with Crippen LogP contribution in [-0.2, 0) is 11.0 Å². The SMILES string of the molecule is CC(C)(O)c1coc(-c2cncc([C@]34CC[C@H](c5cc(-c6c(F)cccc6F)nnc53)C4(C)C)n2)n1. The molecule has 1 saturated carbocycles. The molecular weight excluding hydrogens is 464 g/mol. The summed E-state index contributed by atoms with van der Waals surface area (Å²) < 4.78 is 34.6. The predicted molar refractivity (Wildman–Crippen MR) is 127 cm³/mol. The van der Waals surface area contributed by atoms with E-state index in [4.69, 9.17) is 9.40 Å². The molecule has 1 aromatic carbocycles. The molecule has 1 N–H and O–H groups in total. The van der Waals surface area contributed by atoms with Gasteiger partial charge < -0.3 is 9.52 Å². The van der Waals surface area contributed by atoms with Gasteiger partial charge in [-0.05, 0) is 61.8 Å². The summed E-state index contributed by atoms with van der Waals surface area (Å²) in [6.07, 6.45) is 6.38. The van der Waals surface area contributed by atoms with E-state index in [0.29, 0.717) is 17.1 Å². The number of oxazole rings is 1. The first-order valence-corrected chi connectivity index (χ1v) is 11.9. The minimum atomic E-state index is -1.15. The average Bonchev–Trinajstić information content (AvgIpc) is 3.48. The minimum Gasteiger partial charge on any atom is -0.443 e. The molecule has 0 spiro atoms. The van der Waals surface area contributed by atoms with Crippen molar-refractivity contribution >= 4 is 0 Å². The van der Waals surface area contributed by atoms with Crippen molar-refractivity contribution in [1.29, 1.82) is 0 Å². The number of hydrogen-bond acceptors (Lipinski definition) is 7. The van der Waals surface area contributed by atoms with Gasteiger partial charge in [-0.1, -0.05) is 19.9 Å². The summed E-state index contributed by atoms with van der Waals surface area (Å²) in [5, 5.41) is 19.1. The van der Waals surface area contributed by atoms with Crippen LogP contribution in [0.4, 0.5) is 8.78 Å². The number of hydrogen-bond donors (Lipinski definition) is 1. The van der Waals surface area contributed by atoms with Gasteiger partial charge in [-0.3, -0.25) is 4.98 Å². The summed E-state index contributed by atoms with van der Waals surface area (Å²) in [6, 6.07) is 5.55. The Morgan fingerprint density at radius 2 is 1.81 bits per heavy atom. The van der Waals surface area contributed by atoms with Crippen molar-refractivity contribution in [2.45, 2.75) is 57.5 Å². The zero-order valence-electron chi connectivity index (χ0n) is 20.4. The highest BCUT2D eigenvalue weighted by Crippen LogP contribution is 2.69. The van der Waals surface area contributed by atoms with Crippen LogP contribution in [0.3, 0.4) is 0 Å². The Hall–Kier alpha value is -3.59. The Morgan fingerprint density at radius 3 is 2.50 bits per heavy atom. The third kappa shape index (κ3) is 3.01. The smallest absolute Gasteiger partial charge is 0.247 e. The third-order valence-electron chi connectivity index (χ3n) is 8.02. The standard InChI is InChI=1S/C27H25F2N5O2/c1-25(2)15-8-9-27(25,20-12-30-11-19(31-20)24-32-21(13-36-24)26(3,4)35)23-14(15)10-18(33-34-23)22-16(28)6-5-7-17(22)29/h5-7,10-13,15,35H,8-9H2,1-4H3/t15-,27-/m1/s1. The maximum Gasteiger partial charge on any atom is 0.247 e. The molecule has 6 rings (SSSR count). The van der Waals surface area contributed by atoms with Crippen molar-refractivity contribution in [3.05, 3.63) is 77.2 Å². The monoisotopic (exact) mass is 489 g/mol. The molecule has 0 radical (unpaired) electrons. The fourth-order valence-corrected chi connectivity index (χ4v) is 6.10. The summed E-state index contributed by atoms with van der Waals surface area (Å²) in [5.74, 6) is -0.960. The molecule has 9 heteroatoms. The Morgan fingerprint density at radius 1 is 1.06 bits per heavy atom. The lowest BCUT2D eigenvalue weighted by Gasteiger charge is -2.37. The van der Waals surface area contributed by atoms with Crippen LogP contribution in [0.5, 0.6) is 0 Å². The summed E-state index contributed by atoms with van der Waals surface area (Å²) in [7, 11) is 0. The zero-order chi connectivity index (χ0) is 25.5. The van der Waals surface area contributed by atoms with Crippen molar-refractivity contribution in [2.24, 2.45) is 5.41 Å². The van der Waals surface area contributed by atoms with Crippen molar-refractivity contribution in [1.82, 2.24) is 25.1 Å². The van der Waals surface area contributed by atoms with E-state index in [9.17, 15) is 13.9 Å². The van der Waals surface area contributed by atoms with E-state index in [-0.39, 0.29) is 28.5 Å². The fourth-order valence-electron chi connectivity index (χ4n) is 6.10. The van der Waals surface area contributed by atoms with E-state index in [1.165, 1.54) is 24.5 Å². The molecule has 3 aromatic heterocycles. The summed E-state index contributed by atoms with van der Waals surface area (Å²) >= 11 is 0. The predicted octanol–water partition coefficient (Wildman–Crippen LogP) is 5.30. The first-order chi connectivity index (χ1) is 17.0. The maximum atomic E-state index is 14.5. The van der Waals surface area contributed by atoms with Crippen LogP contribution in [0.15, 0.2) is 47.3 Å². The van der Waals surface area contributed by atoms with E-state index in [1.54, 1.807) is 32.3 Å². The van der Waals surface area contributed by atoms with Crippen LogP contribution in [0.25, 0.3) is 22.8 Å². The Labute approximate surface area is 206 Å². The molecule has 36 heavy (non-hydrogen) atoms. The Balaban J connectivity index is 1.48. The molecule has 2 aliphatic carbocycles. The molecule has 4 aromatic rings. The molecule has 1 fully saturated rings. The van der Waals surface area contributed by atoms with Crippen LogP contribution in [0.1, 0.15) is 69.1 Å². The highest BCUT2D eigenvalue weighted by Gasteiger charge is 2.65. The number of nitrogens with zero attached hydrogens (tertiary/aromatic N) is 5. The van der Waals surface area contributed by atoms with Crippen LogP contribution >= 0.6 is 0 Å². The highest BCUT2D eigenvalue weighted by molar-refractivity contribution is 5.64. The summed E-state index contributed by atoms with van der Waals surface area (Å²) in [6.45, 7) is 7.60.